The van der Waals surface area contributed by atoms with Crippen LogP contribution in [0.2, 0.25) is 0 Å². The van der Waals surface area contributed by atoms with Crippen molar-refractivity contribution in [2.75, 3.05) is 4.72 Å². The monoisotopic (exact) mass is 703 g/mol. The molecule has 0 fully saturated rings. The van der Waals surface area contributed by atoms with Gasteiger partial charge in [0, 0.05) is 38.6 Å². The molecule has 1 amide bonds. The average Bonchev–Trinajstić information content (AvgIpc) is 3.74. The zero-order valence-corrected chi connectivity index (χ0v) is 27.1. The number of imidazole rings is 1. The molecule has 256 valence electrons. The fraction of sp³-hybridized carbons (Fsp3) is 0.121. The highest BCUT2D eigenvalue weighted by molar-refractivity contribution is 7.92. The maximum absolute atomic E-state index is 15.1. The fourth-order valence-electron chi connectivity index (χ4n) is 5.39. The molecule has 3 heterocycles. The molecule has 3 aromatic carbocycles. The molecule has 0 aliphatic rings. The second kappa shape index (κ2) is 12.9. The molecule has 0 aliphatic carbocycles. The molecule has 3 aromatic heterocycles. The van der Waals surface area contributed by atoms with Crippen molar-refractivity contribution in [3.63, 3.8) is 0 Å². The summed E-state index contributed by atoms with van der Waals surface area (Å²) in [7, 11) is -1.21. The topological polar surface area (TPSA) is 179 Å². The van der Waals surface area contributed by atoms with Crippen LogP contribution in [0.3, 0.4) is 0 Å². The van der Waals surface area contributed by atoms with E-state index in [-0.39, 0.29) is 28.2 Å². The van der Waals surface area contributed by atoms with Crippen molar-refractivity contribution in [3.05, 3.63) is 135 Å². The number of sulfonamides is 1. The lowest BCUT2D eigenvalue weighted by atomic mass is 10.0. The number of hydrogen-bond acceptors (Lipinski definition) is 7. The van der Waals surface area contributed by atoms with Gasteiger partial charge in [0.25, 0.3) is 21.5 Å². The number of fused-ring (bicyclic) bond motifs is 1. The number of aromatic nitrogens is 5. The normalized spacial score (nSPS) is 12.2. The number of nitrogens with one attached hydrogen (secondary N) is 2. The first-order valence-corrected chi connectivity index (χ1v) is 16.2. The van der Waals surface area contributed by atoms with E-state index in [0.29, 0.717) is 23.4 Å². The van der Waals surface area contributed by atoms with Gasteiger partial charge in [0.2, 0.25) is 0 Å². The van der Waals surface area contributed by atoms with Crippen molar-refractivity contribution in [2.24, 2.45) is 14.1 Å². The summed E-state index contributed by atoms with van der Waals surface area (Å²) in [6.07, 6.45) is 4.60. The molecule has 0 radical (unpaired) electrons. The molecule has 0 saturated heterocycles. The van der Waals surface area contributed by atoms with E-state index >= 15 is 8.78 Å². The Bertz CT molecular complexity index is 2480. The lowest BCUT2D eigenvalue weighted by molar-refractivity contribution is -0.139. The standard InChI is InChI=1S/C33H27F2N7O7S/c1-39-18-36-29-28(39)31(44)42(33(47)40(29)2)22-7-5-19(6-8-22)15-26(32(45)46)37-30(43)27-24(34)16-20(17-25(27)35)38-50(48,49)23-11-9-21(10-12-23)41-13-3-4-14-41/h3-14,16-18,26,38H,15H2,1-2H3,(H,37,43)(H,45,46)/t26-/m0/s1. The number of hydrogen-bond donors (Lipinski definition) is 3. The van der Waals surface area contributed by atoms with Crippen molar-refractivity contribution in [3.8, 4) is 11.4 Å². The fourth-order valence-corrected chi connectivity index (χ4v) is 6.43. The Kier molecular flexibility index (Phi) is 8.67. The molecule has 14 nitrogen and oxygen atoms in total. The van der Waals surface area contributed by atoms with Crippen LogP contribution < -0.4 is 21.3 Å². The molecule has 0 saturated carbocycles. The number of carboxylic acids is 1. The third kappa shape index (κ3) is 6.28. The number of carbonyl (C=O) groups is 2. The molecule has 50 heavy (non-hydrogen) atoms. The van der Waals surface area contributed by atoms with E-state index in [9.17, 15) is 32.7 Å². The highest BCUT2D eigenvalue weighted by Gasteiger charge is 2.27. The van der Waals surface area contributed by atoms with Gasteiger partial charge < -0.3 is 19.6 Å². The second-order valence-electron chi connectivity index (χ2n) is 11.2. The quantitative estimate of drug-likeness (QED) is 0.195. The number of amides is 1. The van der Waals surface area contributed by atoms with Crippen molar-refractivity contribution in [1.29, 1.82) is 0 Å². The SMILES string of the molecule is Cn1cnc2c1c(=O)n(-c1ccc(C[C@H](NC(=O)c3c(F)cc(NS(=O)(=O)c4ccc(-n5cccc5)cc4)cc3F)C(=O)O)cc1)c(=O)n2C. The first-order chi connectivity index (χ1) is 23.7. The maximum atomic E-state index is 15.1. The summed E-state index contributed by atoms with van der Waals surface area (Å²) < 4.78 is 63.4. The van der Waals surface area contributed by atoms with E-state index in [1.54, 1.807) is 48.3 Å². The van der Waals surface area contributed by atoms with Crippen LogP contribution in [0, 0.1) is 11.6 Å². The minimum Gasteiger partial charge on any atom is -0.480 e. The first-order valence-electron chi connectivity index (χ1n) is 14.8. The van der Waals surface area contributed by atoms with Crippen LogP contribution in [-0.4, -0.2) is 54.7 Å². The Morgan fingerprint density at radius 1 is 0.920 bits per heavy atom. The molecule has 3 N–H and O–H groups in total. The van der Waals surface area contributed by atoms with Crippen LogP contribution in [0.4, 0.5) is 14.5 Å². The molecule has 6 aromatic rings. The van der Waals surface area contributed by atoms with Gasteiger partial charge in [-0.3, -0.25) is 18.9 Å². The average molecular weight is 704 g/mol. The Balaban J connectivity index is 1.17. The first kappa shape index (κ1) is 33.5. The number of benzene rings is 3. The highest BCUT2D eigenvalue weighted by atomic mass is 32.2. The van der Waals surface area contributed by atoms with Crippen LogP contribution in [-0.2, 0) is 35.3 Å². The van der Waals surface area contributed by atoms with Gasteiger partial charge in [-0.1, -0.05) is 12.1 Å². The molecular formula is C33H27F2N7O7S. The number of aryl methyl sites for hydroxylation is 2. The number of nitrogens with zero attached hydrogens (tertiary/aromatic N) is 5. The number of carbonyl (C=O) groups excluding carboxylic acids is 1. The van der Waals surface area contributed by atoms with Crippen LogP contribution in [0.15, 0.2) is 106 Å². The predicted octanol–water partition coefficient (Wildman–Crippen LogP) is 2.72. The molecule has 1 atom stereocenters. The second-order valence-corrected chi connectivity index (χ2v) is 12.9. The van der Waals surface area contributed by atoms with Crippen LogP contribution >= 0.6 is 0 Å². The number of halogens is 2. The Morgan fingerprint density at radius 3 is 2.12 bits per heavy atom. The zero-order valence-electron chi connectivity index (χ0n) is 26.2. The van der Waals surface area contributed by atoms with Gasteiger partial charge in [-0.25, -0.2) is 36.3 Å². The van der Waals surface area contributed by atoms with Gasteiger partial charge in [0.1, 0.15) is 23.2 Å². The van der Waals surface area contributed by atoms with E-state index in [0.717, 1.165) is 4.57 Å². The molecule has 6 rings (SSSR count). The summed E-state index contributed by atoms with van der Waals surface area (Å²) >= 11 is 0. The molecule has 17 heteroatoms. The Hall–Kier alpha value is -6.36. The predicted molar refractivity (Wildman–Crippen MR) is 177 cm³/mol. The number of rotatable bonds is 10. The molecule has 0 bridgehead atoms. The third-order valence-electron chi connectivity index (χ3n) is 7.93. The minimum atomic E-state index is -4.28. The van der Waals surface area contributed by atoms with Gasteiger partial charge in [0.05, 0.1) is 22.6 Å². The largest absolute Gasteiger partial charge is 0.480 e. The molecular weight excluding hydrogens is 676 g/mol. The number of anilines is 1. The van der Waals surface area contributed by atoms with E-state index in [2.05, 4.69) is 15.0 Å². The lowest BCUT2D eigenvalue weighted by Crippen LogP contribution is -2.43. The summed E-state index contributed by atoms with van der Waals surface area (Å²) in [5, 5.41) is 11.9. The van der Waals surface area contributed by atoms with E-state index < -0.39 is 62.1 Å². The summed E-state index contributed by atoms with van der Waals surface area (Å²) in [5.74, 6) is -5.77. The van der Waals surface area contributed by atoms with E-state index in [4.69, 9.17) is 0 Å². The van der Waals surface area contributed by atoms with Crippen LogP contribution in [0.5, 0.6) is 0 Å². The van der Waals surface area contributed by atoms with Crippen LogP contribution in [0.25, 0.3) is 22.5 Å². The summed E-state index contributed by atoms with van der Waals surface area (Å²) in [4.78, 5) is 54.9. The van der Waals surface area contributed by atoms with Gasteiger partial charge >= 0.3 is 11.7 Å². The highest BCUT2D eigenvalue weighted by Crippen LogP contribution is 2.23. The van der Waals surface area contributed by atoms with Crippen molar-refractivity contribution < 1.29 is 31.9 Å². The van der Waals surface area contributed by atoms with Gasteiger partial charge in [0.15, 0.2) is 11.2 Å². The van der Waals surface area contributed by atoms with E-state index in [1.165, 1.54) is 58.9 Å². The Labute approximate surface area is 281 Å². The Morgan fingerprint density at radius 2 is 1.52 bits per heavy atom. The van der Waals surface area contributed by atoms with Gasteiger partial charge in [-0.15, -0.1) is 0 Å². The smallest absolute Gasteiger partial charge is 0.337 e. The van der Waals surface area contributed by atoms with Crippen LogP contribution in [0.1, 0.15) is 15.9 Å². The molecule has 0 unspecified atom stereocenters. The van der Waals surface area contributed by atoms with Crippen molar-refractivity contribution in [2.45, 2.75) is 17.4 Å². The summed E-state index contributed by atoms with van der Waals surface area (Å²) in [5.41, 5.74) is -1.29. The van der Waals surface area contributed by atoms with Gasteiger partial charge in [-0.05, 0) is 66.2 Å². The summed E-state index contributed by atoms with van der Waals surface area (Å²) in [6, 6.07) is 14.6. The molecule has 0 aliphatic heterocycles. The number of aliphatic carboxylic acids is 1. The number of carboxylic acid groups (broad SMARTS) is 1. The molecule has 0 spiro atoms. The van der Waals surface area contributed by atoms with Crippen molar-refractivity contribution >= 4 is 38.8 Å². The zero-order chi connectivity index (χ0) is 35.9. The minimum absolute atomic E-state index is 0.183. The maximum Gasteiger partial charge on any atom is 0.337 e. The van der Waals surface area contributed by atoms with Crippen molar-refractivity contribution in [1.82, 2.24) is 28.6 Å². The third-order valence-corrected chi connectivity index (χ3v) is 9.33. The van der Waals surface area contributed by atoms with Gasteiger partial charge in [-0.2, -0.15) is 0 Å². The van der Waals surface area contributed by atoms with E-state index in [1.807, 2.05) is 0 Å². The lowest BCUT2D eigenvalue weighted by Gasteiger charge is -2.16. The summed E-state index contributed by atoms with van der Waals surface area (Å²) in [6.45, 7) is 0.